The Bertz CT molecular complexity index is 5280. The lowest BCUT2D eigenvalue weighted by molar-refractivity contribution is -0.138. The largest absolute Gasteiger partial charge is 0.465 e. The highest BCUT2D eigenvalue weighted by atomic mass is 32.2. The molecule has 4 aliphatic heterocycles. The number of amides is 4. The Kier molecular flexibility index (Phi) is 20.9. The van der Waals surface area contributed by atoms with Crippen molar-refractivity contribution >= 4 is 74.6 Å². The van der Waals surface area contributed by atoms with Crippen LogP contribution in [0.25, 0.3) is 21.6 Å². The summed E-state index contributed by atoms with van der Waals surface area (Å²) in [5.74, 6) is 6.52. The Morgan fingerprint density at radius 3 is 1.14 bits per heavy atom. The SMILES string of the molecule is CC#Cc1ccc2c(c1)C1(N=C(N)N(C)C1=O)C1(CCC(OC)CC1)C2.COC(=O)c1ccc2c(c1)C1(N=C(N)N(C)C1=O)C1(CCC(OC)CC1)C2.COC1CCC2(CC1)Cc1ccc(-c3cccc(S(C)(=O)=O)c3)cc1C21N=C(N)N(C)C1=O.COC1CCC2(CC1)Cc1ccc(-c3cnc(C)s3)cc1C21N=C(N)N(C)C1=O. The van der Waals surface area contributed by atoms with Crippen molar-refractivity contribution in [3.05, 3.63) is 164 Å². The highest BCUT2D eigenvalue weighted by molar-refractivity contribution is 7.90. The summed E-state index contributed by atoms with van der Waals surface area (Å²) in [7, 11) is 11.8. The topological polar surface area (TPSA) is 345 Å². The molecular weight excluding hydrogens is 1500 g/mol. The minimum absolute atomic E-state index is 0.00209. The number of guanidine groups is 4. The second-order valence-corrected chi connectivity index (χ2v) is 36.9. The first-order chi connectivity index (χ1) is 54.9. The van der Waals surface area contributed by atoms with Gasteiger partial charge in [-0.2, -0.15) is 0 Å². The Hall–Kier alpha value is -9.69. The smallest absolute Gasteiger partial charge is 0.337 e. The zero-order chi connectivity index (χ0) is 81.9. The van der Waals surface area contributed by atoms with Crippen molar-refractivity contribution in [3.63, 3.8) is 0 Å². The fraction of sp³-hybridized carbons (Fsp3) is 0.500. The first kappa shape index (κ1) is 80.5. The maximum atomic E-state index is 13.8. The van der Waals surface area contributed by atoms with Gasteiger partial charge in [0.1, 0.15) is 0 Å². The molecule has 4 fully saturated rings. The van der Waals surface area contributed by atoms with Gasteiger partial charge in [-0.1, -0.05) is 54.5 Å². The van der Waals surface area contributed by atoms with Crippen molar-refractivity contribution in [2.45, 2.75) is 194 Å². The van der Waals surface area contributed by atoms with Crippen molar-refractivity contribution in [2.24, 2.45) is 64.6 Å². The molecule has 25 nitrogen and oxygen atoms in total. The standard InChI is InChI=1S/C25H29N3O4S.C22H26N4O2S.C21H25N3O2.C20H25N3O4/c1-28-22(29)25(27-23(28)26)21-14-17(16-5-4-6-20(13-16)33(3,30)31)7-8-18(21)15-24(25)11-9-19(32-2)10-12-24;1-13-24-12-18(29-13)14-4-5-15-11-21(8-6-16(28-3)7-9-21)22(17(15)10-14)19(27)26(2)20(23)25-22;1-4-5-14-6-7-15-13-20(10-8-16(26-3)9-11-20)21(17(15)12-14)18(25)24(2)19(22)23-21;1-23-17(25)20(22-18(23)21)15-10-12(16(24)27-3)4-5-13(15)11-19(20)8-6-14(26-2)7-9-19/h4-8,13-14,19H,9-12,15H2,1-3H3,(H2,26,27);4-5,10,12,16H,6-9,11H2,1-3H3,(H2,23,25);6-7,12,16H,8-11,13H2,1-3H3,(H2,22,23);4-5,10,14H,6-9,11H2,1-3H3,(H2,21,22). The summed E-state index contributed by atoms with van der Waals surface area (Å²) >= 11 is 1.67. The number of hydrogen-bond acceptors (Lipinski definition) is 22. The molecule has 0 saturated heterocycles. The zero-order valence-corrected chi connectivity index (χ0v) is 69.4. The summed E-state index contributed by atoms with van der Waals surface area (Å²) < 4.78 is 51.4. The molecule has 606 valence electrons. The number of nitrogens with zero attached hydrogens (tertiary/aromatic N) is 9. The molecule has 115 heavy (non-hydrogen) atoms. The van der Waals surface area contributed by atoms with Crippen molar-refractivity contribution in [1.29, 1.82) is 0 Å². The van der Waals surface area contributed by atoms with Crippen molar-refractivity contribution < 1.29 is 56.1 Å². The molecule has 1 aromatic heterocycles. The highest BCUT2D eigenvalue weighted by Gasteiger charge is 2.71. The van der Waals surface area contributed by atoms with E-state index in [2.05, 4.69) is 53.2 Å². The molecule has 6 aromatic rings. The van der Waals surface area contributed by atoms with Gasteiger partial charge in [-0.3, -0.25) is 38.8 Å². The molecule has 8 N–H and O–H groups in total. The number of aryl methyl sites for hydroxylation is 1. The van der Waals surface area contributed by atoms with E-state index in [0.717, 1.165) is 194 Å². The highest BCUT2D eigenvalue weighted by Crippen LogP contribution is 2.67. The molecule has 4 saturated carbocycles. The normalized spacial score (nSPS) is 31.1. The lowest BCUT2D eigenvalue weighted by atomic mass is 9.61. The average Bonchev–Trinajstić information content (AvgIpc) is 1.55. The van der Waals surface area contributed by atoms with E-state index in [9.17, 15) is 32.4 Å². The third-order valence-electron chi connectivity index (χ3n) is 28.2. The van der Waals surface area contributed by atoms with E-state index in [4.69, 9.17) is 66.6 Å². The quantitative estimate of drug-likeness (QED) is 0.0813. The van der Waals surface area contributed by atoms with E-state index in [1.54, 1.807) is 98.3 Å². The van der Waals surface area contributed by atoms with Gasteiger partial charge in [-0.15, -0.1) is 17.3 Å². The maximum Gasteiger partial charge on any atom is 0.337 e. The van der Waals surface area contributed by atoms with E-state index in [-0.39, 0.29) is 86.5 Å². The van der Waals surface area contributed by atoms with Crippen LogP contribution in [0.1, 0.15) is 175 Å². The molecule has 4 amide bonds. The summed E-state index contributed by atoms with van der Waals surface area (Å²) in [6.07, 6.45) is 21.5. The predicted octanol–water partition coefficient (Wildman–Crippen LogP) is 9.86. The first-order valence-corrected chi connectivity index (χ1v) is 42.5. The van der Waals surface area contributed by atoms with Crippen LogP contribution in [0.2, 0.25) is 0 Å². The number of carbonyl (C=O) groups is 5. The van der Waals surface area contributed by atoms with Gasteiger partial charge in [0.05, 0.1) is 51.9 Å². The maximum absolute atomic E-state index is 13.8. The minimum atomic E-state index is -3.33. The number of aliphatic imine (C=N–C) groups is 4. The summed E-state index contributed by atoms with van der Waals surface area (Å²) in [6.45, 7) is 3.83. The minimum Gasteiger partial charge on any atom is -0.465 e. The molecule has 0 radical (unpaired) electrons. The van der Waals surface area contributed by atoms with Gasteiger partial charge in [0.15, 0.2) is 55.8 Å². The number of rotatable bonds is 8. The van der Waals surface area contributed by atoms with E-state index in [1.165, 1.54) is 44.1 Å². The monoisotopic (exact) mass is 1600 g/mol. The van der Waals surface area contributed by atoms with E-state index in [1.807, 2.05) is 50.4 Å². The number of aromatic nitrogens is 1. The van der Waals surface area contributed by atoms with E-state index in [0.29, 0.717) is 17.5 Å². The van der Waals surface area contributed by atoms with Gasteiger partial charge in [-0.05, 0) is 252 Å². The number of fused-ring (bicyclic) bond motifs is 12. The number of hydrogen-bond donors (Lipinski definition) is 4. The summed E-state index contributed by atoms with van der Waals surface area (Å²) in [4.78, 5) is 97.5. The number of methoxy groups -OCH3 is 5. The number of likely N-dealkylation sites (N-methyl/N-ethyl adjacent to an activating group) is 4. The number of carbonyl (C=O) groups excluding carboxylic acids is 5. The summed E-state index contributed by atoms with van der Waals surface area (Å²) in [6, 6.07) is 31.1. The van der Waals surface area contributed by atoms with Crippen LogP contribution in [0, 0.1) is 40.4 Å². The van der Waals surface area contributed by atoms with Crippen molar-refractivity contribution in [1.82, 2.24) is 24.6 Å². The fourth-order valence-corrected chi connectivity index (χ4v) is 23.3. The average molecular weight is 1600 g/mol. The van der Waals surface area contributed by atoms with Gasteiger partial charge in [0, 0.05) is 96.3 Å². The van der Waals surface area contributed by atoms with Gasteiger partial charge < -0.3 is 46.6 Å². The molecule has 4 unspecified atom stereocenters. The van der Waals surface area contributed by atoms with Gasteiger partial charge in [-0.25, -0.2) is 38.2 Å². The number of esters is 1. The number of ether oxygens (including phenoxy) is 5. The molecule has 5 aromatic carbocycles. The number of nitrogens with two attached hydrogens (primary N) is 4. The van der Waals surface area contributed by atoms with E-state index < -0.39 is 38.0 Å². The third kappa shape index (κ3) is 12.4. The molecule has 12 aliphatic rings. The van der Waals surface area contributed by atoms with Crippen LogP contribution in [0.4, 0.5) is 0 Å². The van der Waals surface area contributed by atoms with Crippen molar-refractivity contribution in [3.8, 4) is 33.4 Å². The van der Waals surface area contributed by atoms with Crippen molar-refractivity contribution in [2.75, 3.05) is 70.0 Å². The lowest BCUT2D eigenvalue weighted by Crippen LogP contribution is -2.51. The van der Waals surface area contributed by atoms with E-state index >= 15 is 0 Å². The van der Waals surface area contributed by atoms with Crippen LogP contribution in [-0.4, -0.2) is 181 Å². The molecular formula is C88H105N13O12S2. The Morgan fingerprint density at radius 2 is 0.809 bits per heavy atom. The molecule has 27 heteroatoms. The second kappa shape index (κ2) is 29.8. The first-order valence-electron chi connectivity index (χ1n) is 39.8. The molecule has 4 atom stereocenters. The number of thiazole rings is 1. The molecule has 8 spiro atoms. The van der Waals surface area contributed by atoms with Gasteiger partial charge in [0.2, 0.25) is 0 Å². The lowest BCUT2D eigenvalue weighted by Gasteiger charge is -2.45. The Labute approximate surface area is 677 Å². The van der Waals surface area contributed by atoms with Gasteiger partial charge >= 0.3 is 5.97 Å². The second-order valence-electron chi connectivity index (χ2n) is 33.6. The zero-order valence-electron chi connectivity index (χ0n) is 67.8. The fourth-order valence-electron chi connectivity index (χ4n) is 21.9. The summed E-state index contributed by atoms with van der Waals surface area (Å²) in [5.41, 5.74) is 31.9. The number of sulfone groups is 1. The Morgan fingerprint density at radius 1 is 0.470 bits per heavy atom. The summed E-state index contributed by atoms with van der Waals surface area (Å²) in [5, 5.41) is 1.03. The Balaban J connectivity index is 0.000000121. The van der Waals surface area contributed by atoms with Crippen LogP contribution < -0.4 is 22.9 Å². The molecule has 0 bridgehead atoms. The molecule has 8 aliphatic carbocycles. The van der Waals surface area contributed by atoms with Crippen LogP contribution in [0.5, 0.6) is 0 Å². The van der Waals surface area contributed by atoms with Gasteiger partial charge in [0.25, 0.3) is 23.6 Å². The number of benzene rings is 5. The molecule has 18 rings (SSSR count). The van der Waals surface area contributed by atoms with Crippen LogP contribution in [0.3, 0.4) is 0 Å². The molecule has 5 heterocycles. The van der Waals surface area contributed by atoms with Crippen LogP contribution in [-0.2, 0) is 101 Å². The van der Waals surface area contributed by atoms with Crippen LogP contribution in [0.15, 0.2) is 128 Å². The predicted molar refractivity (Wildman–Crippen MR) is 440 cm³/mol. The third-order valence-corrected chi connectivity index (χ3v) is 30.3. The van der Waals surface area contributed by atoms with Crippen LogP contribution >= 0.6 is 11.3 Å².